The maximum atomic E-state index is 15.5. The highest BCUT2D eigenvalue weighted by Crippen LogP contribution is 2.40. The second-order valence-corrected chi connectivity index (χ2v) is 7.32. The Morgan fingerprint density at radius 1 is 1.16 bits per heavy atom. The smallest absolute Gasteiger partial charge is 0.355 e. The molecule has 7 nitrogen and oxygen atoms in total. The van der Waals surface area contributed by atoms with Crippen molar-refractivity contribution in [2.45, 2.75) is 25.8 Å². The Bertz CT molecular complexity index is 1230. The molecule has 0 bridgehead atoms. The quantitative estimate of drug-likeness (QED) is 0.311. The van der Waals surface area contributed by atoms with Crippen LogP contribution >= 0.6 is 0 Å². The normalized spacial score (nSPS) is 13.2. The summed E-state index contributed by atoms with van der Waals surface area (Å²) in [5.74, 6) is -4.34. The maximum absolute atomic E-state index is 15.5. The van der Waals surface area contributed by atoms with Gasteiger partial charge < -0.3 is 19.9 Å². The van der Waals surface area contributed by atoms with Gasteiger partial charge in [0.05, 0.1) is 17.5 Å². The van der Waals surface area contributed by atoms with Crippen LogP contribution in [0.5, 0.6) is 0 Å². The molecule has 0 unspecified atom stereocenters. The Labute approximate surface area is 181 Å². The van der Waals surface area contributed by atoms with E-state index in [0.29, 0.717) is 18.7 Å². The monoisotopic (exact) mass is 446 g/mol. The second-order valence-electron chi connectivity index (χ2n) is 7.32. The van der Waals surface area contributed by atoms with E-state index in [9.17, 15) is 18.4 Å². The third-order valence-corrected chi connectivity index (χ3v) is 5.10. The topological polar surface area (TPSA) is 85.2 Å². The molecule has 2 heterocycles. The van der Waals surface area contributed by atoms with Crippen molar-refractivity contribution in [1.29, 1.82) is 0 Å². The highest BCUT2D eigenvalue weighted by molar-refractivity contribution is 5.93. The van der Waals surface area contributed by atoms with Crippen molar-refractivity contribution in [2.75, 3.05) is 30.3 Å². The molecule has 0 spiro atoms. The van der Waals surface area contributed by atoms with Crippen molar-refractivity contribution >= 4 is 28.4 Å². The summed E-state index contributed by atoms with van der Waals surface area (Å²) >= 11 is 0. The fourth-order valence-electron chi connectivity index (χ4n) is 3.56. The van der Waals surface area contributed by atoms with Gasteiger partial charge in [0, 0.05) is 31.4 Å². The van der Waals surface area contributed by atoms with Crippen molar-refractivity contribution in [3.63, 3.8) is 0 Å². The van der Waals surface area contributed by atoms with Crippen LogP contribution < -0.4 is 16.1 Å². The van der Waals surface area contributed by atoms with Crippen LogP contribution in [0, 0.1) is 17.5 Å². The van der Waals surface area contributed by atoms with Gasteiger partial charge in [0.1, 0.15) is 17.2 Å². The number of pyridine rings is 2. The van der Waals surface area contributed by atoms with Gasteiger partial charge in [0.15, 0.2) is 22.9 Å². The summed E-state index contributed by atoms with van der Waals surface area (Å²) in [4.78, 5) is 29.0. The van der Waals surface area contributed by atoms with Gasteiger partial charge in [-0.3, -0.25) is 4.79 Å². The molecule has 2 aromatic heterocycles. The number of halogens is 3. The molecule has 2 N–H and O–H groups in total. The van der Waals surface area contributed by atoms with E-state index in [1.54, 1.807) is 31.3 Å². The van der Waals surface area contributed by atoms with Crippen LogP contribution in [0.15, 0.2) is 35.3 Å². The van der Waals surface area contributed by atoms with Gasteiger partial charge in [0.25, 0.3) is 0 Å². The lowest BCUT2D eigenvalue weighted by atomic mass is 10.1. The van der Waals surface area contributed by atoms with Gasteiger partial charge >= 0.3 is 5.97 Å². The number of nitrogens with one attached hydrogen (secondary N) is 2. The molecule has 32 heavy (non-hydrogen) atoms. The molecular formula is C22H21F3N4O3. The molecule has 1 aromatic carbocycles. The Morgan fingerprint density at radius 3 is 2.56 bits per heavy atom. The summed E-state index contributed by atoms with van der Waals surface area (Å²) in [6.45, 7) is 1.93. The van der Waals surface area contributed by atoms with Gasteiger partial charge in [-0.15, -0.1) is 0 Å². The zero-order valence-corrected chi connectivity index (χ0v) is 17.3. The molecule has 1 saturated carbocycles. The fraction of sp³-hybridized carbons (Fsp3) is 0.318. The molecule has 168 valence electrons. The van der Waals surface area contributed by atoms with Crippen molar-refractivity contribution in [3.05, 3.63) is 63.8 Å². The van der Waals surface area contributed by atoms with Crippen LogP contribution in [0.2, 0.25) is 0 Å². The van der Waals surface area contributed by atoms with Crippen molar-refractivity contribution in [2.24, 2.45) is 0 Å². The summed E-state index contributed by atoms with van der Waals surface area (Å²) in [6, 6.07) is 5.82. The minimum Gasteiger partial charge on any atom is -0.461 e. The molecule has 0 amide bonds. The van der Waals surface area contributed by atoms with E-state index < -0.39 is 45.4 Å². The van der Waals surface area contributed by atoms with Crippen LogP contribution in [0.4, 0.5) is 24.7 Å². The Morgan fingerprint density at radius 2 is 1.91 bits per heavy atom. The maximum Gasteiger partial charge on any atom is 0.355 e. The van der Waals surface area contributed by atoms with E-state index in [1.165, 1.54) is 4.57 Å². The number of hydrogen-bond donors (Lipinski definition) is 2. The molecule has 0 radical (unpaired) electrons. The van der Waals surface area contributed by atoms with Crippen LogP contribution in [-0.4, -0.2) is 35.2 Å². The number of nitrogens with zero attached hydrogens (tertiary/aromatic N) is 2. The molecule has 3 aromatic rings. The van der Waals surface area contributed by atoms with Gasteiger partial charge in [-0.25, -0.2) is 22.9 Å². The minimum absolute atomic E-state index is 0.0423. The largest absolute Gasteiger partial charge is 0.461 e. The summed E-state index contributed by atoms with van der Waals surface area (Å²) in [6.07, 6.45) is 2.81. The first kappa shape index (κ1) is 21.7. The number of anilines is 2. The van der Waals surface area contributed by atoms with E-state index in [4.69, 9.17) is 4.74 Å². The van der Waals surface area contributed by atoms with Crippen molar-refractivity contribution < 1.29 is 22.7 Å². The third-order valence-electron chi connectivity index (χ3n) is 5.10. The van der Waals surface area contributed by atoms with Gasteiger partial charge in [-0.2, -0.15) is 0 Å². The lowest BCUT2D eigenvalue weighted by Gasteiger charge is -2.19. The number of ether oxygens (including phenoxy) is 1. The summed E-state index contributed by atoms with van der Waals surface area (Å²) < 4.78 is 51.3. The number of benzene rings is 1. The molecule has 0 aliphatic heterocycles. The predicted molar refractivity (Wildman–Crippen MR) is 114 cm³/mol. The van der Waals surface area contributed by atoms with E-state index in [0.717, 1.165) is 6.07 Å². The number of carbonyl (C=O) groups excluding carboxylic acids is 1. The highest BCUT2D eigenvalue weighted by atomic mass is 19.2. The SMILES string of the molecule is CCOC(=O)c1cc(=O)c2c(F)c(F)c(NCCNc3ccccn3)c(F)c2n1C1CC1. The zero-order valence-electron chi connectivity index (χ0n) is 17.3. The number of carbonyl (C=O) groups is 1. The summed E-state index contributed by atoms with van der Waals surface area (Å²) in [5.41, 5.74) is -2.31. The highest BCUT2D eigenvalue weighted by Gasteiger charge is 2.34. The van der Waals surface area contributed by atoms with Crippen LogP contribution in [-0.2, 0) is 4.74 Å². The first-order valence-corrected chi connectivity index (χ1v) is 10.3. The fourth-order valence-corrected chi connectivity index (χ4v) is 3.56. The number of hydrogen-bond acceptors (Lipinski definition) is 6. The molecule has 0 saturated heterocycles. The number of aromatic nitrogens is 2. The summed E-state index contributed by atoms with van der Waals surface area (Å²) in [5, 5.41) is 4.79. The molecule has 1 fully saturated rings. The number of rotatable bonds is 8. The average molecular weight is 446 g/mol. The summed E-state index contributed by atoms with van der Waals surface area (Å²) in [7, 11) is 0. The molecule has 4 rings (SSSR count). The Balaban J connectivity index is 1.75. The van der Waals surface area contributed by atoms with Crippen molar-refractivity contribution in [3.8, 4) is 0 Å². The number of esters is 1. The van der Waals surface area contributed by atoms with Gasteiger partial charge in [-0.05, 0) is 31.9 Å². The first-order valence-electron chi connectivity index (χ1n) is 10.3. The molecular weight excluding hydrogens is 425 g/mol. The van der Waals surface area contributed by atoms with E-state index in [-0.39, 0.29) is 31.4 Å². The lowest BCUT2D eigenvalue weighted by molar-refractivity contribution is 0.0513. The van der Waals surface area contributed by atoms with E-state index >= 15 is 4.39 Å². The zero-order chi connectivity index (χ0) is 22.8. The van der Waals surface area contributed by atoms with Crippen LogP contribution in [0.3, 0.4) is 0 Å². The van der Waals surface area contributed by atoms with E-state index in [1.807, 2.05) is 0 Å². The second kappa shape index (κ2) is 8.89. The van der Waals surface area contributed by atoms with Crippen LogP contribution in [0.1, 0.15) is 36.3 Å². The molecule has 1 aliphatic rings. The van der Waals surface area contributed by atoms with Gasteiger partial charge in [-0.1, -0.05) is 6.07 Å². The van der Waals surface area contributed by atoms with Crippen molar-refractivity contribution in [1.82, 2.24) is 9.55 Å². The lowest BCUT2D eigenvalue weighted by Crippen LogP contribution is -2.23. The first-order chi connectivity index (χ1) is 15.4. The molecule has 0 atom stereocenters. The average Bonchev–Trinajstić information content (AvgIpc) is 3.62. The standard InChI is InChI=1S/C22H21F3N4O3/c1-2-32-22(31)13-11-14(30)16-17(23)18(24)20(19(25)21(16)29(13)12-6-7-12)28-10-9-27-15-5-3-4-8-26-15/h3-5,8,11-12,28H,2,6-7,9-10H2,1H3,(H,26,27). The number of fused-ring (bicyclic) bond motifs is 1. The molecule has 10 heteroatoms. The van der Waals surface area contributed by atoms with Gasteiger partial charge in [0.2, 0.25) is 0 Å². The minimum atomic E-state index is -1.49. The molecule has 1 aliphatic carbocycles. The Kier molecular flexibility index (Phi) is 6.02. The van der Waals surface area contributed by atoms with Crippen LogP contribution in [0.25, 0.3) is 10.9 Å². The third kappa shape index (κ3) is 4.00. The Hall–Kier alpha value is -3.56. The van der Waals surface area contributed by atoms with E-state index in [2.05, 4.69) is 15.6 Å². The predicted octanol–water partition coefficient (Wildman–Crippen LogP) is 3.85.